The van der Waals surface area contributed by atoms with Crippen molar-refractivity contribution in [3.63, 3.8) is 0 Å². The number of halogens is 1. The number of hydrogen-bond donors (Lipinski definition) is 2. The van der Waals surface area contributed by atoms with Gasteiger partial charge in [0.2, 0.25) is 0 Å². The van der Waals surface area contributed by atoms with Crippen LogP contribution in [-0.2, 0) is 0 Å². The topological polar surface area (TPSA) is 46.2 Å². The zero-order valence-electron chi connectivity index (χ0n) is 9.91. The standard InChI is InChI=1S/C13H20FNO/c1-3-13(15)11(6-7-16)10-4-5-12(14)9(2)8-10/h4-5,8,11,13,16H,3,6-7,15H2,1-2H3. The summed E-state index contributed by atoms with van der Waals surface area (Å²) in [4.78, 5) is 0. The fraction of sp³-hybridized carbons (Fsp3) is 0.538. The van der Waals surface area contributed by atoms with Gasteiger partial charge in [-0.3, -0.25) is 0 Å². The first-order valence-electron chi connectivity index (χ1n) is 5.72. The maximum absolute atomic E-state index is 13.2. The Hall–Kier alpha value is -0.930. The molecule has 0 aromatic heterocycles. The average Bonchev–Trinajstić information content (AvgIpc) is 2.29. The van der Waals surface area contributed by atoms with Gasteiger partial charge in [0.05, 0.1) is 0 Å². The van der Waals surface area contributed by atoms with Gasteiger partial charge >= 0.3 is 0 Å². The molecular formula is C13H20FNO. The minimum absolute atomic E-state index is 0.0111. The Balaban J connectivity index is 2.96. The number of aliphatic hydroxyl groups excluding tert-OH is 1. The van der Waals surface area contributed by atoms with E-state index in [1.54, 1.807) is 13.0 Å². The van der Waals surface area contributed by atoms with Crippen molar-refractivity contribution in [3.05, 3.63) is 35.1 Å². The van der Waals surface area contributed by atoms with E-state index in [2.05, 4.69) is 0 Å². The normalized spacial score (nSPS) is 14.8. The summed E-state index contributed by atoms with van der Waals surface area (Å²) in [6.45, 7) is 3.87. The molecule has 0 spiro atoms. The summed E-state index contributed by atoms with van der Waals surface area (Å²) >= 11 is 0. The Morgan fingerprint density at radius 2 is 2.12 bits per heavy atom. The van der Waals surface area contributed by atoms with Crippen molar-refractivity contribution in [1.82, 2.24) is 0 Å². The Morgan fingerprint density at radius 3 is 2.62 bits per heavy atom. The third kappa shape index (κ3) is 3.03. The van der Waals surface area contributed by atoms with E-state index >= 15 is 0 Å². The number of hydrogen-bond acceptors (Lipinski definition) is 2. The lowest BCUT2D eigenvalue weighted by Crippen LogP contribution is -2.28. The maximum Gasteiger partial charge on any atom is 0.126 e. The molecule has 1 aromatic carbocycles. The molecule has 0 saturated carbocycles. The van der Waals surface area contributed by atoms with Crippen molar-refractivity contribution in [3.8, 4) is 0 Å². The fourth-order valence-electron chi connectivity index (χ4n) is 1.95. The van der Waals surface area contributed by atoms with Gasteiger partial charge in [0.15, 0.2) is 0 Å². The molecule has 0 aliphatic carbocycles. The molecule has 2 atom stereocenters. The highest BCUT2D eigenvalue weighted by Gasteiger charge is 2.18. The van der Waals surface area contributed by atoms with Crippen LogP contribution in [0, 0.1) is 12.7 Å². The molecule has 0 bridgehead atoms. The molecule has 1 aromatic rings. The molecular weight excluding hydrogens is 205 g/mol. The van der Waals surface area contributed by atoms with Crippen LogP contribution in [0.15, 0.2) is 18.2 Å². The first-order chi connectivity index (χ1) is 7.60. The molecule has 3 N–H and O–H groups in total. The van der Waals surface area contributed by atoms with Gasteiger partial charge in [0, 0.05) is 18.6 Å². The van der Waals surface area contributed by atoms with Crippen molar-refractivity contribution in [2.24, 2.45) is 5.73 Å². The molecule has 0 saturated heterocycles. The highest BCUT2D eigenvalue weighted by atomic mass is 19.1. The van der Waals surface area contributed by atoms with E-state index in [9.17, 15) is 4.39 Å². The lowest BCUT2D eigenvalue weighted by molar-refractivity contribution is 0.266. The minimum atomic E-state index is -0.198. The van der Waals surface area contributed by atoms with Gasteiger partial charge in [0.25, 0.3) is 0 Å². The molecule has 90 valence electrons. The first kappa shape index (κ1) is 13.1. The lowest BCUT2D eigenvalue weighted by atomic mass is 9.87. The monoisotopic (exact) mass is 225 g/mol. The van der Waals surface area contributed by atoms with Crippen LogP contribution in [0.1, 0.15) is 36.8 Å². The van der Waals surface area contributed by atoms with Crippen molar-refractivity contribution >= 4 is 0 Å². The molecule has 2 nitrogen and oxygen atoms in total. The average molecular weight is 225 g/mol. The molecule has 0 aliphatic rings. The third-order valence-electron chi connectivity index (χ3n) is 3.04. The van der Waals surface area contributed by atoms with Gasteiger partial charge in [-0.05, 0) is 37.0 Å². The minimum Gasteiger partial charge on any atom is -0.396 e. The zero-order valence-corrected chi connectivity index (χ0v) is 9.91. The Labute approximate surface area is 96.3 Å². The van der Waals surface area contributed by atoms with Gasteiger partial charge in [-0.1, -0.05) is 19.1 Å². The van der Waals surface area contributed by atoms with Crippen molar-refractivity contribution in [1.29, 1.82) is 0 Å². The summed E-state index contributed by atoms with van der Waals surface area (Å²) < 4.78 is 13.2. The van der Waals surface area contributed by atoms with Crippen LogP contribution in [0.3, 0.4) is 0 Å². The summed E-state index contributed by atoms with van der Waals surface area (Å²) in [5, 5.41) is 9.04. The largest absolute Gasteiger partial charge is 0.396 e. The highest BCUT2D eigenvalue weighted by Crippen LogP contribution is 2.25. The number of rotatable bonds is 5. The van der Waals surface area contributed by atoms with Crippen LogP contribution >= 0.6 is 0 Å². The van der Waals surface area contributed by atoms with E-state index in [0.29, 0.717) is 12.0 Å². The van der Waals surface area contributed by atoms with Crippen molar-refractivity contribution in [2.75, 3.05) is 6.61 Å². The number of benzene rings is 1. The van der Waals surface area contributed by atoms with Crippen LogP contribution < -0.4 is 5.73 Å². The fourth-order valence-corrected chi connectivity index (χ4v) is 1.95. The lowest BCUT2D eigenvalue weighted by Gasteiger charge is -2.23. The number of aryl methyl sites for hydroxylation is 1. The molecule has 1 rings (SSSR count). The molecule has 0 amide bonds. The quantitative estimate of drug-likeness (QED) is 0.808. The van der Waals surface area contributed by atoms with E-state index in [4.69, 9.17) is 10.8 Å². The molecule has 0 heterocycles. The SMILES string of the molecule is CCC(N)C(CCO)c1ccc(F)c(C)c1. The van der Waals surface area contributed by atoms with E-state index in [1.165, 1.54) is 6.07 Å². The first-order valence-corrected chi connectivity index (χ1v) is 5.72. The second-order valence-corrected chi connectivity index (χ2v) is 4.20. The summed E-state index contributed by atoms with van der Waals surface area (Å²) in [6.07, 6.45) is 1.47. The second kappa shape index (κ2) is 5.97. The molecule has 0 aliphatic heterocycles. The van der Waals surface area contributed by atoms with Crippen LogP contribution in [0.2, 0.25) is 0 Å². The second-order valence-electron chi connectivity index (χ2n) is 4.20. The highest BCUT2D eigenvalue weighted by molar-refractivity contribution is 5.28. The Bertz CT molecular complexity index is 341. The smallest absolute Gasteiger partial charge is 0.126 e. The summed E-state index contributed by atoms with van der Waals surface area (Å²) in [5.41, 5.74) is 7.66. The van der Waals surface area contributed by atoms with E-state index in [-0.39, 0.29) is 24.4 Å². The summed E-state index contributed by atoms with van der Waals surface area (Å²) in [7, 11) is 0. The van der Waals surface area contributed by atoms with Gasteiger partial charge in [0.1, 0.15) is 5.82 Å². The molecule has 3 heteroatoms. The Morgan fingerprint density at radius 1 is 1.44 bits per heavy atom. The van der Waals surface area contributed by atoms with Gasteiger partial charge in [-0.15, -0.1) is 0 Å². The summed E-state index contributed by atoms with van der Waals surface area (Å²) in [5.74, 6) is -0.0918. The van der Waals surface area contributed by atoms with Gasteiger partial charge in [-0.25, -0.2) is 4.39 Å². The molecule has 0 radical (unpaired) electrons. The van der Waals surface area contributed by atoms with Crippen molar-refractivity contribution in [2.45, 2.75) is 38.6 Å². The number of nitrogens with two attached hydrogens (primary N) is 1. The number of aliphatic hydroxyl groups is 1. The Kier molecular flexibility index (Phi) is 4.90. The van der Waals surface area contributed by atoms with Crippen LogP contribution in [-0.4, -0.2) is 17.8 Å². The third-order valence-corrected chi connectivity index (χ3v) is 3.04. The predicted molar refractivity (Wildman–Crippen MR) is 63.8 cm³/mol. The van der Waals surface area contributed by atoms with Crippen molar-refractivity contribution < 1.29 is 9.50 Å². The van der Waals surface area contributed by atoms with E-state index in [1.807, 2.05) is 13.0 Å². The van der Waals surface area contributed by atoms with Crippen LogP contribution in [0.25, 0.3) is 0 Å². The van der Waals surface area contributed by atoms with Gasteiger partial charge < -0.3 is 10.8 Å². The van der Waals surface area contributed by atoms with Crippen LogP contribution in [0.5, 0.6) is 0 Å². The molecule has 2 unspecified atom stereocenters. The van der Waals surface area contributed by atoms with E-state index in [0.717, 1.165) is 12.0 Å². The zero-order chi connectivity index (χ0) is 12.1. The predicted octanol–water partition coefficient (Wildman–Crippen LogP) is 2.34. The molecule has 16 heavy (non-hydrogen) atoms. The maximum atomic E-state index is 13.2. The molecule has 0 fully saturated rings. The van der Waals surface area contributed by atoms with E-state index < -0.39 is 0 Å². The summed E-state index contributed by atoms with van der Waals surface area (Å²) in [6, 6.07) is 5.07. The van der Waals surface area contributed by atoms with Crippen LogP contribution in [0.4, 0.5) is 4.39 Å². The van der Waals surface area contributed by atoms with Gasteiger partial charge in [-0.2, -0.15) is 0 Å².